The van der Waals surface area contributed by atoms with Crippen LogP contribution in [0.2, 0.25) is 0 Å². The third-order valence-electron chi connectivity index (χ3n) is 2.88. The van der Waals surface area contributed by atoms with Gasteiger partial charge in [0.1, 0.15) is 5.82 Å². The summed E-state index contributed by atoms with van der Waals surface area (Å²) in [5.74, 6) is 1.37. The Hall–Kier alpha value is -1.41. The molecule has 2 nitrogen and oxygen atoms in total. The molecule has 3 heteroatoms. The van der Waals surface area contributed by atoms with Crippen LogP contribution in [0.4, 0.5) is 0 Å². The highest BCUT2D eigenvalue weighted by atomic mass is 35.5. The van der Waals surface area contributed by atoms with E-state index in [1.807, 2.05) is 13.0 Å². The molecule has 0 saturated carbocycles. The van der Waals surface area contributed by atoms with Crippen LogP contribution in [0, 0.1) is 20.8 Å². The zero-order valence-electron chi connectivity index (χ0n) is 11.0. The summed E-state index contributed by atoms with van der Waals surface area (Å²) < 4.78 is 0. The van der Waals surface area contributed by atoms with Gasteiger partial charge in [-0.05, 0) is 32.4 Å². The van der Waals surface area contributed by atoms with E-state index in [4.69, 9.17) is 11.6 Å². The standard InChI is InChI=1S/C15H17ClN2/c1-10-4-5-13(11(2)8-10)14-9-12(3)17-15(18-14)6-7-16/h4-5,8-9H,6-7H2,1-3H3. The minimum atomic E-state index is 0.551. The molecule has 0 aliphatic heterocycles. The SMILES string of the molecule is Cc1ccc(-c2cc(C)nc(CCCl)n2)c(C)c1. The molecule has 0 N–H and O–H groups in total. The molecule has 0 spiro atoms. The van der Waals surface area contributed by atoms with E-state index in [1.165, 1.54) is 16.7 Å². The van der Waals surface area contributed by atoms with E-state index in [0.29, 0.717) is 12.3 Å². The highest BCUT2D eigenvalue weighted by Crippen LogP contribution is 2.23. The molecule has 1 aromatic carbocycles. The van der Waals surface area contributed by atoms with Gasteiger partial charge in [0.2, 0.25) is 0 Å². The third kappa shape index (κ3) is 2.88. The van der Waals surface area contributed by atoms with E-state index in [2.05, 4.69) is 42.0 Å². The van der Waals surface area contributed by atoms with E-state index in [-0.39, 0.29) is 0 Å². The second-order valence-electron chi connectivity index (χ2n) is 4.57. The van der Waals surface area contributed by atoms with E-state index in [9.17, 15) is 0 Å². The fourth-order valence-corrected chi connectivity index (χ4v) is 2.23. The summed E-state index contributed by atoms with van der Waals surface area (Å²) in [6.45, 7) is 6.20. The first-order valence-electron chi connectivity index (χ1n) is 6.08. The maximum Gasteiger partial charge on any atom is 0.130 e. The van der Waals surface area contributed by atoms with Crippen LogP contribution < -0.4 is 0 Å². The minimum absolute atomic E-state index is 0.551. The van der Waals surface area contributed by atoms with Crippen LogP contribution in [0.25, 0.3) is 11.3 Å². The molecule has 1 aromatic heterocycles. The van der Waals surface area contributed by atoms with Crippen molar-refractivity contribution in [3.8, 4) is 11.3 Å². The van der Waals surface area contributed by atoms with Crippen LogP contribution in [-0.4, -0.2) is 15.8 Å². The molecule has 2 rings (SSSR count). The fraction of sp³-hybridized carbons (Fsp3) is 0.333. The van der Waals surface area contributed by atoms with E-state index < -0.39 is 0 Å². The van der Waals surface area contributed by atoms with Gasteiger partial charge in [0, 0.05) is 23.6 Å². The van der Waals surface area contributed by atoms with Gasteiger partial charge in [-0.2, -0.15) is 0 Å². The Labute approximate surface area is 113 Å². The number of nitrogens with zero attached hydrogens (tertiary/aromatic N) is 2. The Morgan fingerprint density at radius 3 is 2.50 bits per heavy atom. The lowest BCUT2D eigenvalue weighted by atomic mass is 10.0. The zero-order chi connectivity index (χ0) is 13.1. The molecule has 2 aromatic rings. The molecule has 0 saturated heterocycles. The summed E-state index contributed by atoms with van der Waals surface area (Å²) in [7, 11) is 0. The van der Waals surface area contributed by atoms with Gasteiger partial charge in [0.05, 0.1) is 5.69 Å². The molecular formula is C15H17ClN2. The van der Waals surface area contributed by atoms with Crippen molar-refractivity contribution in [1.29, 1.82) is 0 Å². The quantitative estimate of drug-likeness (QED) is 0.784. The number of aryl methyl sites for hydroxylation is 4. The molecule has 0 aliphatic carbocycles. The second kappa shape index (κ2) is 5.49. The average molecular weight is 261 g/mol. The largest absolute Gasteiger partial charge is 0.238 e. The van der Waals surface area contributed by atoms with Crippen molar-refractivity contribution >= 4 is 11.6 Å². The average Bonchev–Trinajstić information content (AvgIpc) is 2.28. The molecule has 0 radical (unpaired) electrons. The summed E-state index contributed by atoms with van der Waals surface area (Å²) in [4.78, 5) is 8.99. The molecular weight excluding hydrogens is 244 g/mol. The van der Waals surface area contributed by atoms with E-state index in [1.54, 1.807) is 0 Å². The van der Waals surface area contributed by atoms with Crippen molar-refractivity contribution in [2.24, 2.45) is 0 Å². The van der Waals surface area contributed by atoms with Crippen LogP contribution in [0.3, 0.4) is 0 Å². The van der Waals surface area contributed by atoms with Crippen molar-refractivity contribution in [2.75, 3.05) is 5.88 Å². The van der Waals surface area contributed by atoms with Crippen molar-refractivity contribution in [3.05, 3.63) is 46.9 Å². The first-order chi connectivity index (χ1) is 8.60. The van der Waals surface area contributed by atoms with Gasteiger partial charge < -0.3 is 0 Å². The monoisotopic (exact) mass is 260 g/mol. The first-order valence-corrected chi connectivity index (χ1v) is 6.62. The maximum atomic E-state index is 5.76. The highest BCUT2D eigenvalue weighted by molar-refractivity contribution is 6.17. The molecule has 18 heavy (non-hydrogen) atoms. The number of halogens is 1. The normalized spacial score (nSPS) is 10.7. The van der Waals surface area contributed by atoms with Crippen molar-refractivity contribution in [3.63, 3.8) is 0 Å². The van der Waals surface area contributed by atoms with Crippen molar-refractivity contribution < 1.29 is 0 Å². The fourth-order valence-electron chi connectivity index (χ4n) is 2.07. The van der Waals surface area contributed by atoms with Gasteiger partial charge >= 0.3 is 0 Å². The number of aromatic nitrogens is 2. The van der Waals surface area contributed by atoms with E-state index >= 15 is 0 Å². The van der Waals surface area contributed by atoms with Gasteiger partial charge in [-0.25, -0.2) is 9.97 Å². The molecule has 0 unspecified atom stereocenters. The van der Waals surface area contributed by atoms with Crippen LogP contribution in [0.1, 0.15) is 22.6 Å². The molecule has 1 heterocycles. The Morgan fingerprint density at radius 1 is 1.06 bits per heavy atom. The lowest BCUT2D eigenvalue weighted by Crippen LogP contribution is -2.00. The Bertz CT molecular complexity index is 564. The molecule has 0 amide bonds. The first kappa shape index (κ1) is 13.0. The zero-order valence-corrected chi connectivity index (χ0v) is 11.8. The summed E-state index contributed by atoms with van der Waals surface area (Å²) >= 11 is 5.76. The highest BCUT2D eigenvalue weighted by Gasteiger charge is 2.07. The Balaban J connectivity index is 2.49. The topological polar surface area (TPSA) is 25.8 Å². The van der Waals surface area contributed by atoms with Crippen LogP contribution in [0.15, 0.2) is 24.3 Å². The van der Waals surface area contributed by atoms with Gasteiger partial charge in [0.25, 0.3) is 0 Å². The molecule has 0 atom stereocenters. The lowest BCUT2D eigenvalue weighted by molar-refractivity contribution is 0.925. The summed E-state index contributed by atoms with van der Waals surface area (Å²) in [6.07, 6.45) is 0.709. The Morgan fingerprint density at radius 2 is 1.83 bits per heavy atom. The van der Waals surface area contributed by atoms with Crippen LogP contribution >= 0.6 is 11.6 Å². The van der Waals surface area contributed by atoms with Gasteiger partial charge in [-0.15, -0.1) is 11.6 Å². The maximum absolute atomic E-state index is 5.76. The Kier molecular flexibility index (Phi) is 3.97. The lowest BCUT2D eigenvalue weighted by Gasteiger charge is -2.08. The minimum Gasteiger partial charge on any atom is -0.238 e. The number of rotatable bonds is 3. The summed E-state index contributed by atoms with van der Waals surface area (Å²) in [6, 6.07) is 8.43. The van der Waals surface area contributed by atoms with Crippen molar-refractivity contribution in [1.82, 2.24) is 9.97 Å². The molecule has 0 fully saturated rings. The number of alkyl halides is 1. The second-order valence-corrected chi connectivity index (χ2v) is 4.95. The number of hydrogen-bond acceptors (Lipinski definition) is 2. The van der Waals surface area contributed by atoms with Gasteiger partial charge in [-0.1, -0.05) is 23.8 Å². The predicted molar refractivity (Wildman–Crippen MR) is 76.1 cm³/mol. The van der Waals surface area contributed by atoms with Crippen LogP contribution in [-0.2, 0) is 6.42 Å². The third-order valence-corrected chi connectivity index (χ3v) is 3.07. The summed E-state index contributed by atoms with van der Waals surface area (Å²) in [5, 5.41) is 0. The molecule has 0 bridgehead atoms. The number of hydrogen-bond donors (Lipinski definition) is 0. The number of benzene rings is 1. The summed E-state index contributed by atoms with van der Waals surface area (Å²) in [5.41, 5.74) is 5.65. The van der Waals surface area contributed by atoms with Gasteiger partial charge in [0.15, 0.2) is 0 Å². The smallest absolute Gasteiger partial charge is 0.130 e. The van der Waals surface area contributed by atoms with Crippen LogP contribution in [0.5, 0.6) is 0 Å². The van der Waals surface area contributed by atoms with E-state index in [0.717, 1.165) is 17.2 Å². The van der Waals surface area contributed by atoms with Crippen molar-refractivity contribution in [2.45, 2.75) is 27.2 Å². The van der Waals surface area contributed by atoms with Gasteiger partial charge in [-0.3, -0.25) is 0 Å². The predicted octanol–water partition coefficient (Wildman–Crippen LogP) is 3.85. The molecule has 0 aliphatic rings. The molecule has 94 valence electrons.